The Labute approximate surface area is 86.7 Å². The Bertz CT molecular complexity index is 197. The van der Waals surface area contributed by atoms with Crippen molar-refractivity contribution in [2.45, 2.75) is 63.6 Å². The summed E-state index contributed by atoms with van der Waals surface area (Å²) < 4.78 is 0. The van der Waals surface area contributed by atoms with Crippen LogP contribution in [0, 0.1) is 11.3 Å². The molecule has 1 saturated carbocycles. The lowest BCUT2D eigenvalue weighted by molar-refractivity contribution is 0.308. The van der Waals surface area contributed by atoms with Gasteiger partial charge in [-0.3, -0.25) is 0 Å². The number of hydrogen-bond acceptors (Lipinski definition) is 3. The van der Waals surface area contributed by atoms with Gasteiger partial charge < -0.3 is 11.1 Å². The third-order valence-electron chi connectivity index (χ3n) is 3.02. The van der Waals surface area contributed by atoms with Crippen molar-refractivity contribution in [1.82, 2.24) is 5.32 Å². The van der Waals surface area contributed by atoms with Gasteiger partial charge in [-0.05, 0) is 25.7 Å². The molecule has 0 aromatic rings. The van der Waals surface area contributed by atoms with Crippen molar-refractivity contribution in [3.63, 3.8) is 0 Å². The van der Waals surface area contributed by atoms with Crippen molar-refractivity contribution in [2.75, 3.05) is 0 Å². The van der Waals surface area contributed by atoms with E-state index < -0.39 is 0 Å². The fraction of sp³-hybridized carbons (Fsp3) is 0.909. The zero-order chi connectivity index (χ0) is 10.4. The Balaban J connectivity index is 2.30. The molecule has 0 aromatic carbocycles. The molecular weight excluding hydrogens is 174 g/mol. The highest BCUT2D eigenvalue weighted by atomic mass is 15.0. The van der Waals surface area contributed by atoms with E-state index in [4.69, 9.17) is 11.0 Å². The molecule has 3 atom stereocenters. The molecule has 0 aliphatic heterocycles. The molecule has 80 valence electrons. The van der Waals surface area contributed by atoms with E-state index in [2.05, 4.69) is 18.3 Å². The van der Waals surface area contributed by atoms with Crippen LogP contribution in [0.4, 0.5) is 0 Å². The molecule has 0 aromatic heterocycles. The predicted molar refractivity (Wildman–Crippen MR) is 57.7 cm³/mol. The Kier molecular flexibility index (Phi) is 4.92. The van der Waals surface area contributed by atoms with Crippen LogP contribution >= 0.6 is 0 Å². The van der Waals surface area contributed by atoms with Crippen LogP contribution < -0.4 is 11.1 Å². The number of rotatable bonds is 4. The van der Waals surface area contributed by atoms with Crippen LogP contribution in [-0.4, -0.2) is 18.1 Å². The Morgan fingerprint density at radius 3 is 2.93 bits per heavy atom. The minimum absolute atomic E-state index is 0.357. The molecule has 1 rings (SSSR count). The van der Waals surface area contributed by atoms with Crippen molar-refractivity contribution >= 4 is 0 Å². The highest BCUT2D eigenvalue weighted by Crippen LogP contribution is 2.18. The lowest BCUT2D eigenvalue weighted by atomic mass is 9.91. The van der Waals surface area contributed by atoms with Crippen molar-refractivity contribution in [2.24, 2.45) is 5.73 Å². The second kappa shape index (κ2) is 6.00. The zero-order valence-corrected chi connectivity index (χ0v) is 9.00. The van der Waals surface area contributed by atoms with Gasteiger partial charge in [0.05, 0.1) is 12.5 Å². The van der Waals surface area contributed by atoms with Gasteiger partial charge in [0.15, 0.2) is 0 Å². The summed E-state index contributed by atoms with van der Waals surface area (Å²) in [5.74, 6) is 0. The number of nitriles is 1. The van der Waals surface area contributed by atoms with E-state index in [0.29, 0.717) is 24.5 Å². The summed E-state index contributed by atoms with van der Waals surface area (Å²) in [5.41, 5.74) is 5.91. The zero-order valence-electron chi connectivity index (χ0n) is 9.00. The lowest BCUT2D eigenvalue weighted by Crippen LogP contribution is -2.43. The molecule has 3 unspecified atom stereocenters. The van der Waals surface area contributed by atoms with E-state index in [-0.39, 0.29) is 0 Å². The maximum atomic E-state index is 8.63. The van der Waals surface area contributed by atoms with Crippen molar-refractivity contribution < 1.29 is 0 Å². The third-order valence-corrected chi connectivity index (χ3v) is 3.02. The van der Waals surface area contributed by atoms with Crippen LogP contribution in [0.1, 0.15) is 45.4 Å². The third kappa shape index (κ3) is 3.65. The predicted octanol–water partition coefficient (Wildman–Crippen LogP) is 1.54. The molecule has 0 saturated heterocycles. The molecule has 3 N–H and O–H groups in total. The van der Waals surface area contributed by atoms with E-state index in [9.17, 15) is 0 Å². The summed E-state index contributed by atoms with van der Waals surface area (Å²) in [5, 5.41) is 12.2. The fourth-order valence-corrected chi connectivity index (χ4v) is 2.14. The van der Waals surface area contributed by atoms with Crippen molar-refractivity contribution in [3.05, 3.63) is 0 Å². The maximum Gasteiger partial charge on any atom is 0.0638 e. The van der Waals surface area contributed by atoms with Gasteiger partial charge in [-0.2, -0.15) is 5.26 Å². The van der Waals surface area contributed by atoms with E-state index in [1.165, 1.54) is 12.8 Å². The van der Waals surface area contributed by atoms with Gasteiger partial charge in [0, 0.05) is 18.1 Å². The molecule has 3 nitrogen and oxygen atoms in total. The highest BCUT2D eigenvalue weighted by molar-refractivity contribution is 4.86. The van der Waals surface area contributed by atoms with Crippen molar-refractivity contribution in [1.29, 1.82) is 5.26 Å². The number of nitrogens with two attached hydrogens (primary N) is 1. The normalized spacial score (nSPS) is 29.5. The van der Waals surface area contributed by atoms with E-state index in [1.807, 2.05) is 0 Å². The molecule has 14 heavy (non-hydrogen) atoms. The Morgan fingerprint density at radius 2 is 2.36 bits per heavy atom. The second-order valence-electron chi connectivity index (χ2n) is 4.26. The summed E-state index contributed by atoms with van der Waals surface area (Å²) in [4.78, 5) is 0. The largest absolute Gasteiger partial charge is 0.328 e. The second-order valence-corrected chi connectivity index (χ2v) is 4.26. The lowest BCUT2D eigenvalue weighted by Gasteiger charge is -2.30. The van der Waals surface area contributed by atoms with Crippen molar-refractivity contribution in [3.8, 4) is 6.07 Å². The van der Waals surface area contributed by atoms with Crippen LogP contribution in [-0.2, 0) is 0 Å². The van der Waals surface area contributed by atoms with E-state index in [0.717, 1.165) is 19.3 Å². The summed E-state index contributed by atoms with van der Waals surface area (Å²) >= 11 is 0. The first-order valence-corrected chi connectivity index (χ1v) is 5.64. The van der Waals surface area contributed by atoms with Gasteiger partial charge in [0.25, 0.3) is 0 Å². The molecule has 0 spiro atoms. The van der Waals surface area contributed by atoms with Crippen LogP contribution in [0.3, 0.4) is 0 Å². The Hall–Kier alpha value is -0.590. The first kappa shape index (κ1) is 11.5. The van der Waals surface area contributed by atoms with Crippen LogP contribution in [0.25, 0.3) is 0 Å². The van der Waals surface area contributed by atoms with Gasteiger partial charge in [-0.15, -0.1) is 0 Å². The number of hydrogen-bond donors (Lipinski definition) is 2. The number of nitrogens with zero attached hydrogens (tertiary/aromatic N) is 1. The van der Waals surface area contributed by atoms with Gasteiger partial charge in [-0.25, -0.2) is 0 Å². The monoisotopic (exact) mass is 195 g/mol. The maximum absolute atomic E-state index is 8.63. The minimum atomic E-state index is 0.357. The molecule has 0 radical (unpaired) electrons. The molecule has 1 aliphatic rings. The summed E-state index contributed by atoms with van der Waals surface area (Å²) in [6, 6.07) is 3.48. The van der Waals surface area contributed by atoms with Gasteiger partial charge >= 0.3 is 0 Å². The number of nitrogens with one attached hydrogen (secondary N) is 1. The quantitative estimate of drug-likeness (QED) is 0.715. The molecule has 0 amide bonds. The van der Waals surface area contributed by atoms with Gasteiger partial charge in [0.1, 0.15) is 0 Å². The van der Waals surface area contributed by atoms with Gasteiger partial charge in [0.2, 0.25) is 0 Å². The molecule has 3 heteroatoms. The SMILES string of the molecule is CCC(CC#N)NC1CCCC(N)C1. The Morgan fingerprint density at radius 1 is 1.57 bits per heavy atom. The van der Waals surface area contributed by atoms with Crippen LogP contribution in [0.5, 0.6) is 0 Å². The van der Waals surface area contributed by atoms with Gasteiger partial charge in [-0.1, -0.05) is 13.3 Å². The summed E-state index contributed by atoms with van der Waals surface area (Å²) in [6.45, 7) is 2.12. The van der Waals surface area contributed by atoms with Crippen LogP contribution in [0.2, 0.25) is 0 Å². The standard InChI is InChI=1S/C11H21N3/c1-2-10(6-7-12)14-11-5-3-4-9(13)8-11/h9-11,14H,2-6,8,13H2,1H3. The first-order chi connectivity index (χ1) is 6.76. The first-order valence-electron chi connectivity index (χ1n) is 5.64. The molecule has 1 aliphatic carbocycles. The average molecular weight is 195 g/mol. The summed E-state index contributed by atoms with van der Waals surface area (Å²) in [6.07, 6.45) is 6.31. The molecule has 1 fully saturated rings. The smallest absolute Gasteiger partial charge is 0.0638 e. The highest BCUT2D eigenvalue weighted by Gasteiger charge is 2.20. The average Bonchev–Trinajstić information content (AvgIpc) is 2.17. The van der Waals surface area contributed by atoms with E-state index in [1.54, 1.807) is 0 Å². The van der Waals surface area contributed by atoms with Crippen LogP contribution in [0.15, 0.2) is 0 Å². The molecule has 0 bridgehead atoms. The summed E-state index contributed by atoms with van der Waals surface area (Å²) in [7, 11) is 0. The fourth-order valence-electron chi connectivity index (χ4n) is 2.14. The molecule has 0 heterocycles. The minimum Gasteiger partial charge on any atom is -0.328 e. The topological polar surface area (TPSA) is 61.8 Å². The van der Waals surface area contributed by atoms with E-state index >= 15 is 0 Å². The molecular formula is C11H21N3.